The Morgan fingerprint density at radius 2 is 1.85 bits per heavy atom. The van der Waals surface area contributed by atoms with Crippen LogP contribution in [0.2, 0.25) is 0 Å². The first-order valence-corrected chi connectivity index (χ1v) is 5.32. The molecule has 78 valence electrons. The molecule has 0 bridgehead atoms. The number of hydrogen-bond acceptors (Lipinski definition) is 1. The van der Waals surface area contributed by atoms with E-state index >= 15 is 0 Å². The monoisotopic (exact) mass is 186 g/mol. The highest BCUT2D eigenvalue weighted by molar-refractivity contribution is 4.81. The summed E-state index contributed by atoms with van der Waals surface area (Å²) in [4.78, 5) is 1.47. The average molecular weight is 186 g/mol. The zero-order chi connectivity index (χ0) is 10.2. The first kappa shape index (κ1) is 11.0. The molecule has 1 aliphatic rings. The third kappa shape index (κ3) is 2.44. The summed E-state index contributed by atoms with van der Waals surface area (Å²) in [5, 5.41) is 9.86. The topological polar surface area (TPSA) is 24.7 Å². The Hall–Kier alpha value is -0.0800. The number of aliphatic hydroxyl groups is 1. The number of rotatable bonds is 0. The van der Waals surface area contributed by atoms with Crippen molar-refractivity contribution in [2.24, 2.45) is 11.3 Å². The summed E-state index contributed by atoms with van der Waals surface area (Å²) in [6.45, 7) is 10.1. The number of hydrogen-bond donors (Lipinski definition) is 2. The molecule has 0 amide bonds. The van der Waals surface area contributed by atoms with Crippen LogP contribution in [0.1, 0.15) is 34.1 Å². The molecule has 1 fully saturated rings. The van der Waals surface area contributed by atoms with Crippen LogP contribution in [0.25, 0.3) is 0 Å². The second-order valence-electron chi connectivity index (χ2n) is 5.71. The highest BCUT2D eigenvalue weighted by Gasteiger charge is 2.38. The van der Waals surface area contributed by atoms with E-state index in [0.29, 0.717) is 17.4 Å². The van der Waals surface area contributed by atoms with Gasteiger partial charge in [0.15, 0.2) is 0 Å². The van der Waals surface area contributed by atoms with Crippen molar-refractivity contribution >= 4 is 0 Å². The predicted octanol–water partition coefficient (Wildman–Crippen LogP) is 0.317. The van der Waals surface area contributed by atoms with Crippen molar-refractivity contribution in [2.75, 3.05) is 13.6 Å². The molecular formula is C11H24NO+. The van der Waals surface area contributed by atoms with Crippen LogP contribution in [0.3, 0.4) is 0 Å². The number of likely N-dealkylation sites (tertiary alicyclic amines) is 1. The van der Waals surface area contributed by atoms with E-state index in [1.807, 2.05) is 0 Å². The fourth-order valence-electron chi connectivity index (χ4n) is 2.14. The minimum atomic E-state index is -0.113. The Morgan fingerprint density at radius 1 is 1.31 bits per heavy atom. The molecule has 0 saturated carbocycles. The maximum absolute atomic E-state index is 9.86. The molecular weight excluding hydrogens is 162 g/mol. The molecule has 1 saturated heterocycles. The lowest BCUT2D eigenvalue weighted by Crippen LogP contribution is -3.16. The summed E-state index contributed by atoms with van der Waals surface area (Å²) in [7, 11) is 2.19. The van der Waals surface area contributed by atoms with Gasteiger partial charge in [0.2, 0.25) is 0 Å². The van der Waals surface area contributed by atoms with Gasteiger partial charge in [0, 0.05) is 5.92 Å². The Balaban J connectivity index is 2.64. The molecule has 1 rings (SSSR count). The van der Waals surface area contributed by atoms with Gasteiger partial charge in [-0.3, -0.25) is 0 Å². The van der Waals surface area contributed by atoms with Gasteiger partial charge in [0.1, 0.15) is 12.1 Å². The number of nitrogens with one attached hydrogen (secondary N) is 1. The van der Waals surface area contributed by atoms with Gasteiger partial charge in [-0.1, -0.05) is 20.8 Å². The SMILES string of the molecule is C[C@H]1[C@H](O)C[C@H](C(C)(C)C)C[NH+]1C. The molecule has 2 N–H and O–H groups in total. The zero-order valence-corrected chi connectivity index (χ0v) is 9.59. The summed E-state index contributed by atoms with van der Waals surface area (Å²) in [6, 6.07) is 0.401. The molecule has 2 heteroatoms. The number of likely N-dealkylation sites (N-methyl/N-ethyl adjacent to an activating group) is 1. The van der Waals surface area contributed by atoms with Crippen LogP contribution in [-0.4, -0.2) is 30.8 Å². The summed E-state index contributed by atoms with van der Waals surface area (Å²) in [5.74, 6) is 0.652. The van der Waals surface area contributed by atoms with Crippen LogP contribution >= 0.6 is 0 Å². The molecule has 2 nitrogen and oxygen atoms in total. The van der Waals surface area contributed by atoms with E-state index in [0.717, 1.165) is 6.42 Å². The van der Waals surface area contributed by atoms with Crippen molar-refractivity contribution in [3.05, 3.63) is 0 Å². The number of quaternary nitrogens is 1. The van der Waals surface area contributed by atoms with Crippen LogP contribution in [0.4, 0.5) is 0 Å². The normalized spacial score (nSPS) is 42.0. The van der Waals surface area contributed by atoms with Gasteiger partial charge in [-0.2, -0.15) is 0 Å². The standard InChI is InChI=1S/C11H23NO/c1-8-10(13)6-9(7-12(8)5)11(2,3)4/h8-10,13H,6-7H2,1-5H3/p+1/t8-,9-,10+/m0/s1. The van der Waals surface area contributed by atoms with E-state index in [2.05, 4.69) is 34.7 Å². The van der Waals surface area contributed by atoms with E-state index < -0.39 is 0 Å². The molecule has 1 heterocycles. The Kier molecular flexibility index (Phi) is 3.03. The lowest BCUT2D eigenvalue weighted by Gasteiger charge is -2.41. The van der Waals surface area contributed by atoms with Crippen molar-refractivity contribution in [1.29, 1.82) is 0 Å². The second-order valence-corrected chi connectivity index (χ2v) is 5.71. The first-order valence-electron chi connectivity index (χ1n) is 5.32. The highest BCUT2D eigenvalue weighted by Crippen LogP contribution is 2.30. The fourth-order valence-corrected chi connectivity index (χ4v) is 2.14. The van der Waals surface area contributed by atoms with Gasteiger partial charge in [0.05, 0.1) is 13.6 Å². The van der Waals surface area contributed by atoms with E-state index in [1.165, 1.54) is 11.4 Å². The quantitative estimate of drug-likeness (QED) is 0.559. The molecule has 0 aromatic rings. The third-order valence-corrected chi connectivity index (χ3v) is 3.67. The minimum Gasteiger partial charge on any atom is -0.387 e. The van der Waals surface area contributed by atoms with Gasteiger partial charge in [-0.05, 0) is 18.8 Å². The van der Waals surface area contributed by atoms with Gasteiger partial charge >= 0.3 is 0 Å². The minimum absolute atomic E-state index is 0.113. The summed E-state index contributed by atoms with van der Waals surface area (Å²) >= 11 is 0. The van der Waals surface area contributed by atoms with Crippen LogP contribution in [0.15, 0.2) is 0 Å². The van der Waals surface area contributed by atoms with Crippen molar-refractivity contribution in [1.82, 2.24) is 0 Å². The molecule has 0 aromatic heterocycles. The first-order chi connectivity index (χ1) is 5.82. The Morgan fingerprint density at radius 3 is 2.23 bits per heavy atom. The third-order valence-electron chi connectivity index (χ3n) is 3.67. The van der Waals surface area contributed by atoms with Crippen LogP contribution in [0, 0.1) is 11.3 Å². The van der Waals surface area contributed by atoms with Crippen molar-refractivity contribution < 1.29 is 10.0 Å². The van der Waals surface area contributed by atoms with Gasteiger partial charge in [-0.15, -0.1) is 0 Å². The molecule has 1 aliphatic heterocycles. The molecule has 4 atom stereocenters. The number of piperidine rings is 1. The lowest BCUT2D eigenvalue weighted by atomic mass is 9.74. The predicted molar refractivity (Wildman–Crippen MR) is 54.8 cm³/mol. The van der Waals surface area contributed by atoms with E-state index in [4.69, 9.17) is 0 Å². The Bertz CT molecular complexity index is 161. The molecule has 0 aromatic carbocycles. The van der Waals surface area contributed by atoms with Gasteiger partial charge in [-0.25, -0.2) is 0 Å². The molecule has 0 aliphatic carbocycles. The number of aliphatic hydroxyl groups excluding tert-OH is 1. The lowest BCUT2D eigenvalue weighted by molar-refractivity contribution is -0.918. The summed E-state index contributed by atoms with van der Waals surface area (Å²) in [5.41, 5.74) is 0.336. The maximum Gasteiger partial charge on any atom is 0.111 e. The average Bonchev–Trinajstić information content (AvgIpc) is 1.97. The molecule has 1 unspecified atom stereocenters. The second kappa shape index (κ2) is 3.58. The largest absolute Gasteiger partial charge is 0.387 e. The smallest absolute Gasteiger partial charge is 0.111 e. The van der Waals surface area contributed by atoms with E-state index in [1.54, 1.807) is 0 Å². The van der Waals surface area contributed by atoms with Crippen molar-refractivity contribution in [3.63, 3.8) is 0 Å². The highest BCUT2D eigenvalue weighted by atomic mass is 16.3. The zero-order valence-electron chi connectivity index (χ0n) is 9.59. The van der Waals surface area contributed by atoms with Gasteiger partial charge < -0.3 is 10.0 Å². The van der Waals surface area contributed by atoms with Crippen LogP contribution < -0.4 is 4.90 Å². The van der Waals surface area contributed by atoms with Gasteiger partial charge in [0.25, 0.3) is 0 Å². The Labute approximate surface area is 81.9 Å². The molecule has 0 radical (unpaired) electrons. The molecule has 13 heavy (non-hydrogen) atoms. The summed E-state index contributed by atoms with van der Waals surface area (Å²) in [6.07, 6.45) is 0.861. The maximum atomic E-state index is 9.86. The van der Waals surface area contributed by atoms with Crippen LogP contribution in [0.5, 0.6) is 0 Å². The van der Waals surface area contributed by atoms with E-state index in [-0.39, 0.29) is 6.10 Å². The fraction of sp³-hybridized carbons (Fsp3) is 1.00. The molecule has 0 spiro atoms. The van der Waals surface area contributed by atoms with Crippen LogP contribution in [-0.2, 0) is 0 Å². The van der Waals surface area contributed by atoms with Crippen molar-refractivity contribution in [3.8, 4) is 0 Å². The van der Waals surface area contributed by atoms with Crippen molar-refractivity contribution in [2.45, 2.75) is 46.3 Å². The van der Waals surface area contributed by atoms with E-state index in [9.17, 15) is 5.11 Å². The summed E-state index contributed by atoms with van der Waals surface area (Å²) < 4.78 is 0.